The molecule has 266 valence electrons. The minimum Gasteiger partial charge on any atom is -0.493 e. The molecule has 4 aliphatic rings. The summed E-state index contributed by atoms with van der Waals surface area (Å²) in [5.74, 6) is 1.90. The maximum Gasteiger partial charge on any atom is 0.165 e. The number of nitrogens with zero attached hydrogens (tertiary/aromatic N) is 2. The molecule has 2 bridgehead atoms. The number of piperidine rings is 1. The van der Waals surface area contributed by atoms with Gasteiger partial charge in [0.05, 0.1) is 18.1 Å². The summed E-state index contributed by atoms with van der Waals surface area (Å²) in [5, 5.41) is 13.2. The molecule has 0 amide bonds. The van der Waals surface area contributed by atoms with Crippen molar-refractivity contribution >= 4 is 0 Å². The van der Waals surface area contributed by atoms with E-state index in [2.05, 4.69) is 120 Å². The number of unbranched alkanes of at least 4 members (excludes halogenated alkanes) is 3. The van der Waals surface area contributed by atoms with Crippen molar-refractivity contribution in [3.05, 3.63) is 144 Å². The van der Waals surface area contributed by atoms with Gasteiger partial charge in [-0.2, -0.15) is 0 Å². The molecular weight excluding hydrogens is 629 g/mol. The average molecular weight is 683 g/mol. The molecule has 0 unspecified atom stereocenters. The molecule has 51 heavy (non-hydrogen) atoms. The number of hydrogen-bond donors (Lipinski definition) is 1. The quantitative estimate of drug-likeness (QED) is 0.101. The molecule has 0 aromatic heterocycles. The second-order valence-electron chi connectivity index (χ2n) is 15.4. The van der Waals surface area contributed by atoms with E-state index in [4.69, 9.17) is 9.47 Å². The van der Waals surface area contributed by atoms with Crippen LogP contribution >= 0.6 is 0 Å². The third-order valence-electron chi connectivity index (χ3n) is 12.9. The first-order valence-corrected chi connectivity index (χ1v) is 19.4. The van der Waals surface area contributed by atoms with E-state index < -0.39 is 11.0 Å². The summed E-state index contributed by atoms with van der Waals surface area (Å²) in [5.41, 5.74) is 5.32. The highest BCUT2D eigenvalue weighted by Gasteiger charge is 2.73. The predicted octanol–water partition coefficient (Wildman–Crippen LogP) is 8.34. The molecule has 4 aromatic rings. The van der Waals surface area contributed by atoms with Gasteiger partial charge < -0.3 is 14.6 Å². The lowest BCUT2D eigenvalue weighted by Crippen LogP contribution is -2.78. The molecule has 2 fully saturated rings. The third-order valence-corrected chi connectivity index (χ3v) is 12.9. The molecule has 2 heterocycles. The van der Waals surface area contributed by atoms with Gasteiger partial charge in [-0.05, 0) is 86.4 Å². The van der Waals surface area contributed by atoms with E-state index in [1.165, 1.54) is 47.1 Å². The summed E-state index contributed by atoms with van der Waals surface area (Å²) in [7, 11) is 1.75. The van der Waals surface area contributed by atoms with Crippen LogP contribution in [0, 0.1) is 0 Å². The minimum atomic E-state index is -0.874. The first kappa shape index (κ1) is 34.2. The highest BCUT2D eigenvalue weighted by atomic mass is 16.5. The average Bonchev–Trinajstić information content (AvgIpc) is 3.52. The van der Waals surface area contributed by atoms with Crippen molar-refractivity contribution in [2.75, 3.05) is 33.3 Å². The molecule has 5 atom stereocenters. The first-order chi connectivity index (χ1) is 25.1. The summed E-state index contributed by atoms with van der Waals surface area (Å²) in [4.78, 5) is 5.26. The largest absolute Gasteiger partial charge is 0.493 e. The zero-order valence-corrected chi connectivity index (χ0v) is 30.3. The maximum atomic E-state index is 13.2. The van der Waals surface area contributed by atoms with E-state index in [-0.39, 0.29) is 24.1 Å². The second kappa shape index (κ2) is 14.6. The molecule has 5 nitrogen and oxygen atoms in total. The van der Waals surface area contributed by atoms with Crippen LogP contribution in [0.25, 0.3) is 0 Å². The lowest BCUT2D eigenvalue weighted by molar-refractivity contribution is -0.198. The molecule has 2 aliphatic carbocycles. The molecule has 1 spiro atoms. The van der Waals surface area contributed by atoms with Gasteiger partial charge in [0.1, 0.15) is 6.10 Å². The van der Waals surface area contributed by atoms with Gasteiger partial charge in [-0.25, -0.2) is 0 Å². The van der Waals surface area contributed by atoms with Crippen molar-refractivity contribution < 1.29 is 14.6 Å². The van der Waals surface area contributed by atoms with Crippen LogP contribution in [0.1, 0.15) is 78.7 Å². The Bertz CT molecular complexity index is 1740. The van der Waals surface area contributed by atoms with Crippen LogP contribution in [-0.2, 0) is 18.3 Å². The summed E-state index contributed by atoms with van der Waals surface area (Å²) in [6.07, 6.45) is 11.1. The number of likely N-dealkylation sites (tertiary alicyclic amines) is 1. The zero-order chi connectivity index (χ0) is 34.8. The fourth-order valence-corrected chi connectivity index (χ4v) is 10.6. The van der Waals surface area contributed by atoms with Crippen LogP contribution < -0.4 is 9.47 Å². The molecule has 5 heteroatoms. The molecule has 4 aromatic carbocycles. The van der Waals surface area contributed by atoms with Gasteiger partial charge in [0, 0.05) is 36.7 Å². The Morgan fingerprint density at radius 3 is 2.27 bits per heavy atom. The summed E-state index contributed by atoms with van der Waals surface area (Å²) in [6, 6.07) is 37.5. The molecule has 1 N–H and O–H groups in total. The number of hydrogen-bond acceptors (Lipinski definition) is 5. The van der Waals surface area contributed by atoms with Crippen LogP contribution in [0.15, 0.2) is 116 Å². The number of aryl methyl sites for hydroxylation is 1. The molecule has 1 saturated heterocycles. The van der Waals surface area contributed by atoms with E-state index in [0.717, 1.165) is 76.2 Å². The number of methoxy groups -OCH3 is 1. The van der Waals surface area contributed by atoms with E-state index in [9.17, 15) is 5.11 Å². The first-order valence-electron chi connectivity index (χ1n) is 19.4. The van der Waals surface area contributed by atoms with Gasteiger partial charge in [-0.15, -0.1) is 6.58 Å². The van der Waals surface area contributed by atoms with Crippen LogP contribution in [0.5, 0.6) is 11.5 Å². The molecule has 8 rings (SSSR count). The Morgan fingerprint density at radius 2 is 1.59 bits per heavy atom. The van der Waals surface area contributed by atoms with Gasteiger partial charge in [-0.1, -0.05) is 116 Å². The van der Waals surface area contributed by atoms with E-state index in [0.29, 0.717) is 0 Å². The van der Waals surface area contributed by atoms with Crippen molar-refractivity contribution in [2.45, 2.75) is 92.9 Å². The smallest absolute Gasteiger partial charge is 0.165 e. The maximum absolute atomic E-state index is 13.2. The number of benzene rings is 4. The van der Waals surface area contributed by atoms with Gasteiger partial charge >= 0.3 is 0 Å². The van der Waals surface area contributed by atoms with Crippen LogP contribution in [-0.4, -0.2) is 72.0 Å². The Kier molecular flexibility index (Phi) is 9.80. The van der Waals surface area contributed by atoms with E-state index in [1.54, 1.807) is 7.11 Å². The van der Waals surface area contributed by atoms with Gasteiger partial charge in [0.25, 0.3) is 0 Å². The monoisotopic (exact) mass is 682 g/mol. The fourth-order valence-electron chi connectivity index (χ4n) is 10.6. The summed E-state index contributed by atoms with van der Waals surface area (Å²) in [6.45, 7) is 7.72. The molecule has 2 aliphatic heterocycles. The summed E-state index contributed by atoms with van der Waals surface area (Å²) >= 11 is 0. The SMILES string of the molecule is C=CCN1CC[C@]23c4c5ccc(OC)c4O[C@H]2[C@H](N(CCCCCCc2ccccc2)CC(c2ccccc2)c2ccccc2)CC[C@@]3(O)[C@H]1C5. The third kappa shape index (κ3) is 6.01. The molecular formula is C46H54N2O3. The number of aliphatic hydroxyl groups is 1. The standard InChI is InChI=1S/C46H54N2O3/c1-3-29-47-31-28-45-42-37-24-25-40(50-2)43(42)51-44(45)39(26-27-46(45,49)41(47)32-37)48(30-16-5-4-9-17-34-18-10-6-11-19-34)33-38(35-20-12-7-13-21-35)36-22-14-8-15-23-36/h3,6-8,10-15,18-25,38-39,41,44,49H,1,4-5,9,16-17,26-33H2,2H3/t39-,41-,44+,45+,46-/m1/s1. The lowest BCUT2D eigenvalue weighted by Gasteiger charge is -2.65. The van der Waals surface area contributed by atoms with Crippen LogP contribution in [0.2, 0.25) is 0 Å². The zero-order valence-electron chi connectivity index (χ0n) is 30.3. The Hall–Kier alpha value is -3.90. The van der Waals surface area contributed by atoms with Crippen LogP contribution in [0.3, 0.4) is 0 Å². The summed E-state index contributed by atoms with van der Waals surface area (Å²) < 4.78 is 13.2. The van der Waals surface area contributed by atoms with Crippen molar-refractivity contribution in [3.8, 4) is 11.5 Å². The lowest BCUT2D eigenvalue weighted by atomic mass is 9.48. The Balaban J connectivity index is 1.13. The molecule has 0 radical (unpaired) electrons. The highest BCUT2D eigenvalue weighted by Crippen LogP contribution is 2.66. The van der Waals surface area contributed by atoms with Gasteiger partial charge in [0.2, 0.25) is 0 Å². The Labute approximate surface area is 304 Å². The van der Waals surface area contributed by atoms with Gasteiger partial charge in [0.15, 0.2) is 11.5 Å². The van der Waals surface area contributed by atoms with Crippen molar-refractivity contribution in [1.29, 1.82) is 0 Å². The Morgan fingerprint density at radius 1 is 0.902 bits per heavy atom. The number of ether oxygens (including phenoxy) is 2. The minimum absolute atomic E-state index is 0.0441. The topological polar surface area (TPSA) is 45.2 Å². The van der Waals surface area contributed by atoms with Crippen molar-refractivity contribution in [3.63, 3.8) is 0 Å². The predicted molar refractivity (Wildman–Crippen MR) is 206 cm³/mol. The van der Waals surface area contributed by atoms with Crippen molar-refractivity contribution in [1.82, 2.24) is 9.80 Å². The van der Waals surface area contributed by atoms with Crippen molar-refractivity contribution in [2.24, 2.45) is 0 Å². The highest BCUT2D eigenvalue weighted by molar-refractivity contribution is 5.63. The van der Waals surface area contributed by atoms with E-state index >= 15 is 0 Å². The number of rotatable bonds is 15. The van der Waals surface area contributed by atoms with Gasteiger partial charge in [-0.3, -0.25) is 9.80 Å². The second-order valence-corrected chi connectivity index (χ2v) is 15.4. The van der Waals surface area contributed by atoms with Crippen LogP contribution in [0.4, 0.5) is 0 Å². The molecule has 1 saturated carbocycles. The fraction of sp³-hybridized carbons (Fsp3) is 0.435. The van der Waals surface area contributed by atoms with E-state index in [1.807, 2.05) is 6.08 Å². The normalized spacial score (nSPS) is 26.2.